The molecule has 3 aliphatic heterocycles. The molecule has 12 N–H and O–H groups in total. The minimum absolute atomic E-state index is 0.184. The van der Waals surface area contributed by atoms with E-state index in [1.54, 1.807) is 6.08 Å². The topological polar surface area (TPSA) is 307 Å². The number of carbonyl (C=O) groups is 1. The van der Waals surface area contributed by atoms with E-state index in [2.05, 4.69) is 92.1 Å². The lowest BCUT2D eigenvalue weighted by molar-refractivity contribution is -0.379. The van der Waals surface area contributed by atoms with Crippen molar-refractivity contribution in [3.63, 3.8) is 0 Å². The van der Waals surface area contributed by atoms with Gasteiger partial charge in [-0.1, -0.05) is 266 Å². The SMILES string of the molecule is CC/C=C\C/C=C\C/C=C\C/C=C\C/C=C\C/C=C\CCCCC(=O)NC(COC1OC(CO)C(OC2OC(CO)C(OC3OC(CO)C(O)C(O)C3O)C(O)C2O)C(O)C1O)C(O)/C=C/CCCCCCCCCCCCCCCCCCCCCCCCCCCCC. The first-order valence-corrected chi connectivity index (χ1v) is 37.3. The molecule has 1 amide bonds. The van der Waals surface area contributed by atoms with Gasteiger partial charge in [0.05, 0.1) is 38.6 Å². The lowest BCUT2D eigenvalue weighted by atomic mass is 9.96. The summed E-state index contributed by atoms with van der Waals surface area (Å²) in [5.74, 6) is -0.318. The fourth-order valence-corrected chi connectivity index (χ4v) is 12.2. The average Bonchev–Trinajstić information content (AvgIpc) is 0.787. The van der Waals surface area contributed by atoms with E-state index in [9.17, 15) is 61.0 Å². The smallest absolute Gasteiger partial charge is 0.220 e. The van der Waals surface area contributed by atoms with Gasteiger partial charge >= 0.3 is 0 Å². The Morgan fingerprint density at radius 2 is 0.726 bits per heavy atom. The third-order valence-electron chi connectivity index (χ3n) is 18.2. The Labute approximate surface area is 571 Å². The number of hydrogen-bond donors (Lipinski definition) is 12. The third kappa shape index (κ3) is 37.8. The lowest BCUT2D eigenvalue weighted by Gasteiger charge is -2.48. The van der Waals surface area contributed by atoms with Gasteiger partial charge in [0.25, 0.3) is 0 Å². The second-order valence-corrected chi connectivity index (χ2v) is 26.4. The quantitative estimate of drug-likeness (QED) is 0.0199. The van der Waals surface area contributed by atoms with Gasteiger partial charge in [-0.05, 0) is 70.6 Å². The van der Waals surface area contributed by atoms with E-state index in [0.29, 0.717) is 6.42 Å². The van der Waals surface area contributed by atoms with Gasteiger partial charge in [-0.25, -0.2) is 0 Å². The average molecular weight is 1350 g/mol. The molecule has 19 heteroatoms. The van der Waals surface area contributed by atoms with Crippen LogP contribution in [-0.4, -0.2) is 193 Å². The van der Waals surface area contributed by atoms with E-state index in [4.69, 9.17) is 28.4 Å². The van der Waals surface area contributed by atoms with Crippen LogP contribution in [0, 0.1) is 0 Å². The van der Waals surface area contributed by atoms with Crippen molar-refractivity contribution in [1.29, 1.82) is 0 Å². The van der Waals surface area contributed by atoms with Crippen molar-refractivity contribution in [3.8, 4) is 0 Å². The van der Waals surface area contributed by atoms with Crippen molar-refractivity contribution in [1.82, 2.24) is 5.32 Å². The van der Waals surface area contributed by atoms with Crippen LogP contribution in [-0.2, 0) is 33.2 Å². The molecule has 550 valence electrons. The highest BCUT2D eigenvalue weighted by molar-refractivity contribution is 5.76. The van der Waals surface area contributed by atoms with E-state index >= 15 is 0 Å². The fourth-order valence-electron chi connectivity index (χ4n) is 12.2. The van der Waals surface area contributed by atoms with E-state index in [-0.39, 0.29) is 18.9 Å². The zero-order valence-electron chi connectivity index (χ0n) is 58.4. The maximum absolute atomic E-state index is 13.4. The van der Waals surface area contributed by atoms with Gasteiger partial charge < -0.3 is 89.9 Å². The first kappa shape index (κ1) is 86.2. The molecule has 0 aromatic rings. The maximum atomic E-state index is 13.4. The van der Waals surface area contributed by atoms with Gasteiger partial charge in [-0.15, -0.1) is 0 Å². The number of unbranched alkanes of at least 4 members (excludes halogenated alkanes) is 29. The zero-order chi connectivity index (χ0) is 68.9. The molecule has 0 aromatic carbocycles. The molecule has 17 atom stereocenters. The molecule has 19 nitrogen and oxygen atoms in total. The predicted molar refractivity (Wildman–Crippen MR) is 374 cm³/mol. The molecule has 3 saturated heterocycles. The highest BCUT2D eigenvalue weighted by Gasteiger charge is 2.53. The molecule has 3 aliphatic rings. The standard InChI is InChI=1S/C76H133NO18/c1-3-5-7-9-11-13-15-17-19-21-23-25-26-27-28-29-30-31-32-34-35-37-39-41-43-45-47-49-51-53-60(81)59(77-64(82)54-52-50-48-46-44-42-40-38-36-33-24-22-20-18-16-14-12-10-8-6-4-2)58-90-74-70(88)67(85)72(62(56-79)92-74)95-76-71(89)68(86)73(63(57-80)93-76)94-75-69(87)66(84)65(83)61(55-78)91-75/h6,8,12,14,18,20,24,33,38,40,44,46,51,53,59-63,65-76,78-81,83-89H,3-5,7,9-11,13,15-17,19,21-23,25-32,34-37,39,41-43,45,47-50,52,54-58H2,1-2H3,(H,77,82)/b8-6-,14-12-,20-18-,33-24-,40-38-,46-44-,53-51+. The van der Waals surface area contributed by atoms with E-state index in [1.165, 1.54) is 154 Å². The Balaban J connectivity index is 1.42. The van der Waals surface area contributed by atoms with Crippen LogP contribution in [0.15, 0.2) is 85.1 Å². The van der Waals surface area contributed by atoms with Crippen molar-refractivity contribution in [2.45, 2.75) is 362 Å². The summed E-state index contributed by atoms with van der Waals surface area (Å²) in [4.78, 5) is 13.4. The highest BCUT2D eigenvalue weighted by Crippen LogP contribution is 2.33. The van der Waals surface area contributed by atoms with E-state index in [0.717, 1.165) is 77.0 Å². The van der Waals surface area contributed by atoms with Crippen molar-refractivity contribution < 1.29 is 89.4 Å². The maximum Gasteiger partial charge on any atom is 0.220 e. The van der Waals surface area contributed by atoms with Gasteiger partial charge in [-0.3, -0.25) is 4.79 Å². The van der Waals surface area contributed by atoms with Crippen molar-refractivity contribution in [2.75, 3.05) is 26.4 Å². The number of hydrogen-bond acceptors (Lipinski definition) is 18. The molecule has 3 fully saturated rings. The number of aliphatic hydroxyl groups excluding tert-OH is 11. The minimum Gasteiger partial charge on any atom is -0.394 e. The second-order valence-electron chi connectivity index (χ2n) is 26.4. The van der Waals surface area contributed by atoms with Crippen molar-refractivity contribution in [2.24, 2.45) is 0 Å². The molecular weight excluding hydrogens is 1210 g/mol. The third-order valence-corrected chi connectivity index (χ3v) is 18.2. The largest absolute Gasteiger partial charge is 0.394 e. The second kappa shape index (κ2) is 56.7. The fraction of sp³-hybridized carbons (Fsp3) is 0.803. The van der Waals surface area contributed by atoms with Crippen LogP contribution in [0.25, 0.3) is 0 Å². The summed E-state index contributed by atoms with van der Waals surface area (Å²) in [5, 5.41) is 121. The Hall–Kier alpha value is -3.03. The minimum atomic E-state index is -1.99. The van der Waals surface area contributed by atoms with Crippen LogP contribution in [0.5, 0.6) is 0 Å². The lowest BCUT2D eigenvalue weighted by Crippen LogP contribution is -2.66. The van der Waals surface area contributed by atoms with Crippen LogP contribution < -0.4 is 5.32 Å². The molecule has 0 spiro atoms. The number of rotatable bonds is 57. The highest BCUT2D eigenvalue weighted by atomic mass is 16.8. The summed E-state index contributed by atoms with van der Waals surface area (Å²) in [5.41, 5.74) is 0. The van der Waals surface area contributed by atoms with E-state index in [1.807, 2.05) is 6.08 Å². The van der Waals surface area contributed by atoms with Gasteiger partial charge in [0.15, 0.2) is 18.9 Å². The molecule has 0 radical (unpaired) electrons. The molecule has 0 bridgehead atoms. The van der Waals surface area contributed by atoms with Crippen LogP contribution in [0.1, 0.15) is 258 Å². The summed E-state index contributed by atoms with van der Waals surface area (Å²) < 4.78 is 34.4. The molecule has 0 aliphatic carbocycles. The molecular formula is C76H133NO18. The van der Waals surface area contributed by atoms with Gasteiger partial charge in [0.1, 0.15) is 73.2 Å². The molecule has 3 rings (SSSR count). The first-order chi connectivity index (χ1) is 46.3. The van der Waals surface area contributed by atoms with Crippen LogP contribution in [0.4, 0.5) is 0 Å². The Morgan fingerprint density at radius 1 is 0.389 bits per heavy atom. The number of amides is 1. The molecule has 95 heavy (non-hydrogen) atoms. The first-order valence-electron chi connectivity index (χ1n) is 37.3. The predicted octanol–water partition coefficient (Wildman–Crippen LogP) is 11.1. The van der Waals surface area contributed by atoms with Gasteiger partial charge in [0.2, 0.25) is 5.91 Å². The van der Waals surface area contributed by atoms with Gasteiger partial charge in [0, 0.05) is 6.42 Å². The number of aliphatic hydroxyl groups is 11. The van der Waals surface area contributed by atoms with Crippen LogP contribution in [0.3, 0.4) is 0 Å². The normalized spacial score (nSPS) is 27.7. The Morgan fingerprint density at radius 3 is 1.14 bits per heavy atom. The summed E-state index contributed by atoms with van der Waals surface area (Å²) in [6, 6.07) is -1.00. The Bertz CT molecular complexity index is 2050. The monoisotopic (exact) mass is 1350 g/mol. The Kier molecular flexibility index (Phi) is 51.4. The molecule has 3 heterocycles. The summed E-state index contributed by atoms with van der Waals surface area (Å²) in [7, 11) is 0. The zero-order valence-corrected chi connectivity index (χ0v) is 58.4. The number of ether oxygens (including phenoxy) is 6. The van der Waals surface area contributed by atoms with Crippen molar-refractivity contribution in [3.05, 3.63) is 85.1 Å². The van der Waals surface area contributed by atoms with Crippen LogP contribution in [0.2, 0.25) is 0 Å². The summed E-state index contributed by atoms with van der Waals surface area (Å²) >= 11 is 0. The summed E-state index contributed by atoms with van der Waals surface area (Å²) in [6.07, 6.45) is 47.1. The number of carbonyl (C=O) groups excluding carboxylic acids is 1. The number of allylic oxidation sites excluding steroid dienone is 13. The summed E-state index contributed by atoms with van der Waals surface area (Å²) in [6.45, 7) is 1.60. The van der Waals surface area contributed by atoms with E-state index < -0.39 is 124 Å². The van der Waals surface area contributed by atoms with Gasteiger partial charge in [-0.2, -0.15) is 0 Å². The molecule has 0 aromatic heterocycles. The van der Waals surface area contributed by atoms with Crippen LogP contribution >= 0.6 is 0 Å². The number of nitrogens with one attached hydrogen (secondary N) is 1. The van der Waals surface area contributed by atoms with Crippen molar-refractivity contribution >= 4 is 5.91 Å². The molecule has 0 saturated carbocycles. The molecule has 17 unspecified atom stereocenters.